The van der Waals surface area contributed by atoms with Crippen LogP contribution in [-0.4, -0.2) is 21.3 Å². The van der Waals surface area contributed by atoms with Crippen molar-refractivity contribution in [3.8, 4) is 0 Å². The Labute approximate surface area is 110 Å². The molecule has 1 aliphatic heterocycles. The molecule has 3 rings (SSSR count). The minimum absolute atomic E-state index is 0.0427. The average Bonchev–Trinajstić information content (AvgIpc) is 2.98. The number of hydrogen-bond donors (Lipinski definition) is 2. The molecule has 6 heteroatoms. The lowest BCUT2D eigenvalue weighted by molar-refractivity contribution is -0.0422. The highest BCUT2D eigenvalue weighted by molar-refractivity contribution is 5.30. The molecule has 1 saturated carbocycles. The number of nitrogens with zero attached hydrogens (tertiary/aromatic N) is 1. The number of rotatable bonds is 2. The number of aromatic amines is 1. The van der Waals surface area contributed by atoms with E-state index in [1.165, 1.54) is 23.6 Å². The Morgan fingerprint density at radius 3 is 2.84 bits per heavy atom. The fourth-order valence-corrected chi connectivity index (χ4v) is 3.29. The zero-order chi connectivity index (χ0) is 13.5. The van der Waals surface area contributed by atoms with Crippen LogP contribution in [0.1, 0.15) is 38.5 Å². The Kier molecular flexibility index (Phi) is 2.97. The number of hydrogen-bond acceptors (Lipinski definition) is 4. The summed E-state index contributed by atoms with van der Waals surface area (Å²) in [7, 11) is 0. The molecular formula is C13H19N3O3. The number of nitrogens with two attached hydrogens (primary N) is 1. The van der Waals surface area contributed by atoms with E-state index in [1.807, 2.05) is 0 Å². The van der Waals surface area contributed by atoms with Crippen LogP contribution in [0.4, 0.5) is 5.69 Å². The number of H-pyrrole nitrogens is 1. The van der Waals surface area contributed by atoms with Gasteiger partial charge in [-0.25, -0.2) is 4.79 Å². The van der Waals surface area contributed by atoms with E-state index < -0.39 is 11.2 Å². The Balaban J connectivity index is 1.74. The van der Waals surface area contributed by atoms with Crippen LogP contribution in [0.3, 0.4) is 0 Å². The maximum Gasteiger partial charge on any atom is 0.328 e. The Morgan fingerprint density at radius 1 is 1.37 bits per heavy atom. The highest BCUT2D eigenvalue weighted by Crippen LogP contribution is 2.43. The SMILES string of the molecule is Nc1cn(CC2CCC3(CCCC3)O2)c(=O)[nH]c1=O. The van der Waals surface area contributed by atoms with E-state index in [0.29, 0.717) is 6.54 Å². The van der Waals surface area contributed by atoms with Crippen LogP contribution in [0.15, 0.2) is 15.8 Å². The normalized spacial score (nSPS) is 25.2. The topological polar surface area (TPSA) is 90.1 Å². The molecule has 1 spiro atoms. The maximum atomic E-state index is 11.7. The molecule has 1 unspecified atom stereocenters. The number of aromatic nitrogens is 2. The van der Waals surface area contributed by atoms with Crippen LogP contribution < -0.4 is 17.0 Å². The minimum Gasteiger partial charge on any atom is -0.393 e. The van der Waals surface area contributed by atoms with E-state index in [0.717, 1.165) is 25.7 Å². The molecule has 3 N–H and O–H groups in total. The van der Waals surface area contributed by atoms with Gasteiger partial charge in [-0.3, -0.25) is 14.3 Å². The molecule has 19 heavy (non-hydrogen) atoms. The molecule has 1 atom stereocenters. The van der Waals surface area contributed by atoms with Crippen molar-refractivity contribution in [3.63, 3.8) is 0 Å². The van der Waals surface area contributed by atoms with Gasteiger partial charge in [0.1, 0.15) is 5.69 Å². The first-order valence-corrected chi connectivity index (χ1v) is 6.85. The molecule has 1 aromatic heterocycles. The minimum atomic E-state index is -0.527. The van der Waals surface area contributed by atoms with Crippen molar-refractivity contribution in [2.24, 2.45) is 0 Å². The summed E-state index contributed by atoms with van der Waals surface area (Å²) in [5.41, 5.74) is 4.71. The van der Waals surface area contributed by atoms with Crippen LogP contribution in [0.25, 0.3) is 0 Å². The first-order chi connectivity index (χ1) is 9.08. The summed E-state index contributed by atoms with van der Waals surface area (Å²) in [5.74, 6) is 0. The van der Waals surface area contributed by atoms with Crippen molar-refractivity contribution < 1.29 is 4.74 Å². The van der Waals surface area contributed by atoms with Gasteiger partial charge in [0, 0.05) is 6.20 Å². The summed E-state index contributed by atoms with van der Waals surface area (Å²) in [5, 5.41) is 0. The van der Waals surface area contributed by atoms with Gasteiger partial charge in [0.25, 0.3) is 5.56 Å². The van der Waals surface area contributed by atoms with Gasteiger partial charge in [0.05, 0.1) is 18.2 Å². The first kappa shape index (κ1) is 12.5. The number of ether oxygens (including phenoxy) is 1. The summed E-state index contributed by atoms with van der Waals surface area (Å²) < 4.78 is 7.59. The molecule has 0 radical (unpaired) electrons. The summed E-state index contributed by atoms with van der Waals surface area (Å²) in [6.07, 6.45) is 8.22. The predicted molar refractivity (Wildman–Crippen MR) is 71.0 cm³/mol. The van der Waals surface area contributed by atoms with Crippen LogP contribution in [0, 0.1) is 0 Å². The third kappa shape index (κ3) is 2.32. The molecule has 0 bridgehead atoms. The van der Waals surface area contributed by atoms with Crippen molar-refractivity contribution in [1.82, 2.24) is 9.55 Å². The van der Waals surface area contributed by atoms with Crippen LogP contribution in [-0.2, 0) is 11.3 Å². The van der Waals surface area contributed by atoms with Crippen LogP contribution in [0.2, 0.25) is 0 Å². The highest BCUT2D eigenvalue weighted by atomic mass is 16.5. The zero-order valence-corrected chi connectivity index (χ0v) is 10.9. The molecule has 1 saturated heterocycles. The molecule has 2 heterocycles. The van der Waals surface area contributed by atoms with E-state index in [9.17, 15) is 9.59 Å². The third-order valence-corrected chi connectivity index (χ3v) is 4.29. The van der Waals surface area contributed by atoms with E-state index in [4.69, 9.17) is 10.5 Å². The molecule has 1 aliphatic carbocycles. The smallest absolute Gasteiger partial charge is 0.328 e. The van der Waals surface area contributed by atoms with Gasteiger partial charge in [-0.1, -0.05) is 12.8 Å². The van der Waals surface area contributed by atoms with Gasteiger partial charge in [-0.05, 0) is 25.7 Å². The lowest BCUT2D eigenvalue weighted by Gasteiger charge is -2.24. The van der Waals surface area contributed by atoms with Crippen molar-refractivity contribution in [3.05, 3.63) is 27.0 Å². The molecule has 6 nitrogen and oxygen atoms in total. The number of nitrogen functional groups attached to an aromatic ring is 1. The molecule has 1 aromatic rings. The standard InChI is InChI=1S/C13H19N3O3/c14-10-8-16(12(18)15-11(10)17)7-9-3-6-13(19-9)4-1-2-5-13/h8-9H,1-7,14H2,(H,15,17,18). The van der Waals surface area contributed by atoms with Crippen molar-refractivity contribution in [2.45, 2.75) is 56.8 Å². The molecular weight excluding hydrogens is 246 g/mol. The molecule has 0 amide bonds. The van der Waals surface area contributed by atoms with Gasteiger partial charge in [-0.15, -0.1) is 0 Å². The predicted octanol–water partition coefficient (Wildman–Crippen LogP) is 0.611. The average molecular weight is 265 g/mol. The van der Waals surface area contributed by atoms with E-state index in [2.05, 4.69) is 4.98 Å². The van der Waals surface area contributed by atoms with E-state index >= 15 is 0 Å². The fourth-order valence-electron chi connectivity index (χ4n) is 3.29. The molecule has 0 aromatic carbocycles. The zero-order valence-electron chi connectivity index (χ0n) is 10.9. The summed E-state index contributed by atoms with van der Waals surface area (Å²) in [6.45, 7) is 0.460. The van der Waals surface area contributed by atoms with Crippen LogP contribution in [0.5, 0.6) is 0 Å². The Bertz CT molecular complexity index is 584. The number of nitrogens with one attached hydrogen (secondary N) is 1. The summed E-state index contributed by atoms with van der Waals surface area (Å²) in [6, 6.07) is 0. The maximum absolute atomic E-state index is 11.7. The second-order valence-electron chi connectivity index (χ2n) is 5.66. The lowest BCUT2D eigenvalue weighted by Crippen LogP contribution is -2.35. The number of anilines is 1. The monoisotopic (exact) mass is 265 g/mol. The quantitative estimate of drug-likeness (QED) is 0.819. The largest absolute Gasteiger partial charge is 0.393 e. The third-order valence-electron chi connectivity index (χ3n) is 4.29. The first-order valence-electron chi connectivity index (χ1n) is 6.85. The molecule has 104 valence electrons. The van der Waals surface area contributed by atoms with Gasteiger partial charge in [0.2, 0.25) is 0 Å². The summed E-state index contributed by atoms with van der Waals surface area (Å²) >= 11 is 0. The second-order valence-corrected chi connectivity index (χ2v) is 5.66. The second kappa shape index (κ2) is 4.52. The van der Waals surface area contributed by atoms with E-state index in [-0.39, 0.29) is 17.4 Å². The van der Waals surface area contributed by atoms with E-state index in [1.54, 1.807) is 0 Å². The Morgan fingerprint density at radius 2 is 2.11 bits per heavy atom. The van der Waals surface area contributed by atoms with Crippen LogP contribution >= 0.6 is 0 Å². The van der Waals surface area contributed by atoms with Crippen molar-refractivity contribution in [1.29, 1.82) is 0 Å². The van der Waals surface area contributed by atoms with Crippen molar-refractivity contribution in [2.75, 3.05) is 5.73 Å². The Hall–Kier alpha value is -1.56. The lowest BCUT2D eigenvalue weighted by atomic mass is 9.98. The van der Waals surface area contributed by atoms with Gasteiger partial charge in [-0.2, -0.15) is 0 Å². The van der Waals surface area contributed by atoms with Gasteiger partial charge < -0.3 is 10.5 Å². The van der Waals surface area contributed by atoms with Gasteiger partial charge in [0.15, 0.2) is 0 Å². The molecule has 2 fully saturated rings. The summed E-state index contributed by atoms with van der Waals surface area (Å²) in [4.78, 5) is 25.1. The molecule has 2 aliphatic rings. The fraction of sp³-hybridized carbons (Fsp3) is 0.692. The van der Waals surface area contributed by atoms with Gasteiger partial charge >= 0.3 is 5.69 Å². The highest BCUT2D eigenvalue weighted by Gasteiger charge is 2.42. The van der Waals surface area contributed by atoms with Crippen molar-refractivity contribution >= 4 is 5.69 Å².